The molecule has 10 heteroatoms. The minimum Gasteiger partial charge on any atom is -0.465 e. The molecule has 3 aromatic rings. The number of rotatable bonds is 16. The second-order valence-corrected chi connectivity index (χ2v) is 21.2. The Morgan fingerprint density at radius 2 is 1.68 bits per heavy atom. The molecule has 0 radical (unpaired) electrons. The summed E-state index contributed by atoms with van der Waals surface area (Å²) in [5, 5.41) is 1.81. The molecule has 5 rings (SSSR count). The molecule has 3 atom stereocenters. The number of benzene rings is 3. The van der Waals surface area contributed by atoms with Gasteiger partial charge in [0.05, 0.1) is 30.1 Å². The Balaban J connectivity index is 1.36. The number of nitrogens with zero attached hydrogens (tertiary/aromatic N) is 2. The fraction of sp³-hybridized carbons (Fsp3) is 0.565. The van der Waals surface area contributed by atoms with Crippen molar-refractivity contribution in [1.82, 2.24) is 0 Å². The fourth-order valence-corrected chi connectivity index (χ4v) is 11.2. The summed E-state index contributed by atoms with van der Waals surface area (Å²) in [6, 6.07) is 16.4. The number of unbranched alkanes of at least 4 members (excludes halogenated alkanes) is 2. The summed E-state index contributed by atoms with van der Waals surface area (Å²) in [5.41, 5.74) is 2.63. The molecule has 0 saturated carbocycles. The second-order valence-electron chi connectivity index (χ2n) is 17.2. The van der Waals surface area contributed by atoms with Crippen LogP contribution in [-0.2, 0) is 26.2 Å². The minimum absolute atomic E-state index is 0.243. The van der Waals surface area contributed by atoms with Crippen LogP contribution in [0.2, 0.25) is 0 Å². The molecule has 1 spiro atoms. The molecule has 2 aliphatic heterocycles. The number of aryl methyl sites for hydroxylation is 1. The quantitative estimate of drug-likeness (QED) is 0.0607. The Morgan fingerprint density at radius 3 is 2.38 bits per heavy atom. The first-order valence-corrected chi connectivity index (χ1v) is 22.6. The third kappa shape index (κ3) is 8.97. The summed E-state index contributed by atoms with van der Waals surface area (Å²) in [4.78, 5) is 35.0. The molecule has 0 amide bonds. The van der Waals surface area contributed by atoms with Gasteiger partial charge in [-0.25, -0.2) is 0 Å². The van der Waals surface area contributed by atoms with Crippen LogP contribution in [0.1, 0.15) is 119 Å². The van der Waals surface area contributed by atoms with E-state index in [1.165, 1.54) is 11.1 Å². The van der Waals surface area contributed by atoms with Crippen molar-refractivity contribution in [1.29, 1.82) is 0 Å². The van der Waals surface area contributed by atoms with E-state index in [2.05, 4.69) is 78.6 Å². The predicted molar refractivity (Wildman–Crippen MR) is 242 cm³/mol. The maximum absolute atomic E-state index is 13.9. The number of esters is 2. The maximum atomic E-state index is 13.9. The van der Waals surface area contributed by atoms with E-state index >= 15 is 0 Å². The van der Waals surface area contributed by atoms with Crippen molar-refractivity contribution in [3.8, 4) is 11.5 Å². The van der Waals surface area contributed by atoms with E-state index in [9.17, 15) is 9.59 Å². The Bertz CT molecular complexity index is 1960. The number of carbonyl (C=O) groups excluding carboxylic acids is 2. The van der Waals surface area contributed by atoms with Crippen LogP contribution in [0.5, 0.6) is 11.5 Å². The van der Waals surface area contributed by atoms with E-state index in [0.717, 1.165) is 64.3 Å². The number of hydrogen-bond donors (Lipinski definition) is 0. The molecule has 7 nitrogen and oxygen atoms in total. The molecule has 0 bridgehead atoms. The summed E-state index contributed by atoms with van der Waals surface area (Å²) < 4.78 is 19.2. The van der Waals surface area contributed by atoms with Crippen molar-refractivity contribution < 1.29 is 23.8 Å². The van der Waals surface area contributed by atoms with Crippen molar-refractivity contribution >= 4 is 79.6 Å². The molecule has 304 valence electrons. The number of fused-ring (bicyclic) bond motifs is 4. The molecular formula is C46H62N2O5S3. The van der Waals surface area contributed by atoms with Gasteiger partial charge in [0.1, 0.15) is 20.7 Å². The van der Waals surface area contributed by atoms with Gasteiger partial charge in [0.25, 0.3) is 0 Å². The van der Waals surface area contributed by atoms with Gasteiger partial charge in [-0.15, -0.1) is 23.5 Å². The summed E-state index contributed by atoms with van der Waals surface area (Å²) in [5.74, 6) is 0.460. The lowest BCUT2D eigenvalue weighted by atomic mass is 9.71. The Hall–Kier alpha value is -3.08. The SMILES string of the molecule is CCCCOC(=O)C(CC(C)(C)C(C)C(=O)Oc1ccc2ccc3c(c2c1)N=CC1(O3)N(C)c2cc(CCC)ccc2C1(C)C)C(C)(C)SC(=S)SCCCC. The van der Waals surface area contributed by atoms with E-state index in [4.69, 9.17) is 31.4 Å². The zero-order valence-electron chi connectivity index (χ0n) is 35.4. The predicted octanol–water partition coefficient (Wildman–Crippen LogP) is 12.3. The number of hydrogen-bond acceptors (Lipinski definition) is 10. The van der Waals surface area contributed by atoms with Crippen LogP contribution in [0, 0.1) is 17.3 Å². The van der Waals surface area contributed by atoms with Crippen molar-refractivity contribution in [2.75, 3.05) is 24.3 Å². The van der Waals surface area contributed by atoms with Crippen LogP contribution in [0.25, 0.3) is 10.8 Å². The first kappa shape index (κ1) is 44.0. The highest BCUT2D eigenvalue weighted by Gasteiger charge is 2.58. The molecular weight excluding hydrogens is 757 g/mol. The van der Waals surface area contributed by atoms with Gasteiger partial charge in [-0.2, -0.15) is 0 Å². The highest BCUT2D eigenvalue weighted by atomic mass is 32.2. The molecule has 56 heavy (non-hydrogen) atoms. The molecule has 0 fully saturated rings. The number of aliphatic imine (C=N–C) groups is 1. The topological polar surface area (TPSA) is 77.4 Å². The third-order valence-corrected chi connectivity index (χ3v) is 14.9. The molecule has 0 aromatic heterocycles. The van der Waals surface area contributed by atoms with Crippen LogP contribution in [0.4, 0.5) is 11.4 Å². The fourth-order valence-electron chi connectivity index (χ4n) is 7.82. The zero-order valence-corrected chi connectivity index (χ0v) is 37.8. The number of anilines is 1. The lowest BCUT2D eigenvalue weighted by molar-refractivity contribution is -0.153. The molecule has 2 heterocycles. The van der Waals surface area contributed by atoms with E-state index in [-0.39, 0.29) is 17.4 Å². The minimum atomic E-state index is -0.807. The van der Waals surface area contributed by atoms with Crippen LogP contribution < -0.4 is 14.4 Å². The van der Waals surface area contributed by atoms with Crippen molar-refractivity contribution in [3.63, 3.8) is 0 Å². The number of ether oxygens (including phenoxy) is 3. The monoisotopic (exact) mass is 818 g/mol. The number of thioether (sulfide) groups is 2. The van der Waals surface area contributed by atoms with Gasteiger partial charge >= 0.3 is 11.9 Å². The third-order valence-electron chi connectivity index (χ3n) is 12.0. The Labute approximate surface area is 349 Å². The van der Waals surface area contributed by atoms with Gasteiger partial charge in [0, 0.05) is 22.9 Å². The molecule has 3 aromatic carbocycles. The highest BCUT2D eigenvalue weighted by molar-refractivity contribution is 8.47. The summed E-state index contributed by atoms with van der Waals surface area (Å²) in [6.45, 7) is 21.3. The van der Waals surface area contributed by atoms with E-state index in [1.807, 2.05) is 57.3 Å². The summed E-state index contributed by atoms with van der Waals surface area (Å²) in [6.07, 6.45) is 8.43. The van der Waals surface area contributed by atoms with Crippen molar-refractivity contribution in [2.24, 2.45) is 22.2 Å². The largest absolute Gasteiger partial charge is 0.465 e. The summed E-state index contributed by atoms with van der Waals surface area (Å²) in [7, 11) is 2.08. The standard InChI is InChI=1S/C46H62N2O5S3/c1-12-15-24-51-41(50)36(45(9,10)56-42(54)55-25-16-13-2)28-43(5,6)30(4)40(49)52-33-21-19-32-20-23-38-39(34(32)27-33)47-29-46(53-38)44(7,8)35-22-18-31(17-14-3)26-37(35)48(46)11/h18-23,26-27,29-30,36H,12-17,24-25,28H2,1-11H3. The van der Waals surface area contributed by atoms with Crippen LogP contribution in [-0.4, -0.2) is 51.6 Å². The lowest BCUT2D eigenvalue weighted by Gasteiger charge is -2.45. The number of carbonyl (C=O) groups is 2. The van der Waals surface area contributed by atoms with Crippen LogP contribution in [0.15, 0.2) is 53.5 Å². The summed E-state index contributed by atoms with van der Waals surface area (Å²) >= 11 is 8.99. The zero-order chi connectivity index (χ0) is 41.1. The molecule has 3 unspecified atom stereocenters. The van der Waals surface area contributed by atoms with Crippen molar-refractivity contribution in [2.45, 2.75) is 130 Å². The van der Waals surface area contributed by atoms with Crippen LogP contribution in [0.3, 0.4) is 0 Å². The smallest absolute Gasteiger partial charge is 0.314 e. The van der Waals surface area contributed by atoms with Crippen molar-refractivity contribution in [3.05, 3.63) is 59.7 Å². The first-order chi connectivity index (χ1) is 26.4. The first-order valence-electron chi connectivity index (χ1n) is 20.3. The van der Waals surface area contributed by atoms with E-state index in [1.54, 1.807) is 23.5 Å². The van der Waals surface area contributed by atoms with Gasteiger partial charge in [-0.05, 0) is 105 Å². The van der Waals surface area contributed by atoms with E-state index < -0.39 is 27.7 Å². The average Bonchev–Trinajstić information content (AvgIpc) is 3.30. The Kier molecular flexibility index (Phi) is 14.0. The number of thiocarbonyl (C=S) groups is 1. The van der Waals surface area contributed by atoms with Gasteiger partial charge in [0.15, 0.2) is 0 Å². The average molecular weight is 819 g/mol. The van der Waals surface area contributed by atoms with Gasteiger partial charge in [-0.3, -0.25) is 14.6 Å². The highest BCUT2D eigenvalue weighted by Crippen LogP contribution is 2.55. The second kappa shape index (κ2) is 17.8. The van der Waals surface area contributed by atoms with E-state index in [0.29, 0.717) is 30.2 Å². The molecule has 0 saturated heterocycles. The lowest BCUT2D eigenvalue weighted by Crippen LogP contribution is -2.61. The molecule has 0 N–H and O–H groups in total. The van der Waals surface area contributed by atoms with Gasteiger partial charge in [-0.1, -0.05) is 97.3 Å². The Morgan fingerprint density at radius 1 is 0.964 bits per heavy atom. The molecule has 0 aliphatic carbocycles. The van der Waals surface area contributed by atoms with Gasteiger partial charge in [0.2, 0.25) is 5.72 Å². The molecule has 2 aliphatic rings. The normalized spacial score (nSPS) is 18.3. The van der Waals surface area contributed by atoms with Crippen LogP contribution >= 0.6 is 35.7 Å². The number of likely N-dealkylation sites (N-methyl/N-ethyl adjacent to an activating group) is 1. The maximum Gasteiger partial charge on any atom is 0.314 e. The van der Waals surface area contributed by atoms with Gasteiger partial charge < -0.3 is 19.1 Å².